The third-order valence-electron chi connectivity index (χ3n) is 2.76. The molecular formula is C13H17NO3. The number of aromatic nitrogens is 1. The number of hydrogen-bond donors (Lipinski definition) is 0. The summed E-state index contributed by atoms with van der Waals surface area (Å²) in [6.45, 7) is 4.64. The second-order valence-electron chi connectivity index (χ2n) is 4.28. The van der Waals surface area contributed by atoms with Crippen LogP contribution in [0.5, 0.6) is 5.88 Å². The topological polar surface area (TPSA) is 48.4 Å². The lowest BCUT2D eigenvalue weighted by Gasteiger charge is -2.11. The van der Waals surface area contributed by atoms with Crippen molar-refractivity contribution in [2.45, 2.75) is 26.7 Å². The van der Waals surface area contributed by atoms with E-state index in [9.17, 15) is 4.79 Å². The van der Waals surface area contributed by atoms with Gasteiger partial charge in [0.2, 0.25) is 5.88 Å². The van der Waals surface area contributed by atoms with Crippen molar-refractivity contribution < 1.29 is 14.3 Å². The van der Waals surface area contributed by atoms with Crippen molar-refractivity contribution in [3.8, 4) is 5.88 Å². The average molecular weight is 235 g/mol. The fraction of sp³-hybridized carbons (Fsp3) is 0.538. The molecule has 0 bridgehead atoms. The molecule has 92 valence electrons. The largest absolute Gasteiger partial charge is 0.477 e. The Balaban J connectivity index is 2.16. The lowest BCUT2D eigenvalue weighted by Crippen LogP contribution is -2.12. The summed E-state index contributed by atoms with van der Waals surface area (Å²) in [6, 6.07) is 1.79. The van der Waals surface area contributed by atoms with Gasteiger partial charge in [-0.1, -0.05) is 0 Å². The number of nitrogens with zero attached hydrogens (tertiary/aromatic N) is 1. The van der Waals surface area contributed by atoms with Gasteiger partial charge in [-0.05, 0) is 44.2 Å². The van der Waals surface area contributed by atoms with Crippen LogP contribution >= 0.6 is 0 Å². The smallest absolute Gasteiger partial charge is 0.343 e. The van der Waals surface area contributed by atoms with E-state index < -0.39 is 0 Å². The second-order valence-corrected chi connectivity index (χ2v) is 4.28. The Morgan fingerprint density at radius 3 is 2.94 bits per heavy atom. The van der Waals surface area contributed by atoms with Crippen molar-refractivity contribution in [1.82, 2.24) is 4.98 Å². The number of aryl methyl sites for hydroxylation is 1. The highest BCUT2D eigenvalue weighted by Gasteiger charge is 2.24. The maximum absolute atomic E-state index is 11.8. The second kappa shape index (κ2) is 5.17. The first kappa shape index (κ1) is 11.9. The normalized spacial score (nSPS) is 14.5. The molecule has 4 nitrogen and oxygen atoms in total. The minimum Gasteiger partial charge on any atom is -0.477 e. The number of carbonyl (C=O) groups is 1. The van der Waals surface area contributed by atoms with Crippen molar-refractivity contribution >= 4 is 5.97 Å². The zero-order valence-corrected chi connectivity index (χ0v) is 10.2. The van der Waals surface area contributed by atoms with E-state index in [-0.39, 0.29) is 5.97 Å². The molecule has 4 heteroatoms. The molecule has 1 aromatic rings. The van der Waals surface area contributed by atoms with Crippen molar-refractivity contribution in [2.24, 2.45) is 5.92 Å². The van der Waals surface area contributed by atoms with Gasteiger partial charge in [-0.3, -0.25) is 0 Å². The van der Waals surface area contributed by atoms with E-state index >= 15 is 0 Å². The molecule has 0 saturated heterocycles. The number of carbonyl (C=O) groups excluding carboxylic acids is 1. The molecule has 1 aliphatic rings. The van der Waals surface area contributed by atoms with E-state index in [0.717, 1.165) is 5.56 Å². The van der Waals surface area contributed by atoms with Crippen LogP contribution in [0.15, 0.2) is 12.3 Å². The summed E-state index contributed by atoms with van der Waals surface area (Å²) in [5.41, 5.74) is 1.29. The number of pyridine rings is 1. The van der Waals surface area contributed by atoms with Crippen LogP contribution in [0, 0.1) is 12.8 Å². The molecule has 0 aliphatic heterocycles. The Morgan fingerprint density at radius 1 is 1.53 bits per heavy atom. The summed E-state index contributed by atoms with van der Waals surface area (Å²) < 4.78 is 10.6. The van der Waals surface area contributed by atoms with Crippen LogP contribution in [0.1, 0.15) is 35.7 Å². The molecule has 0 radical (unpaired) electrons. The molecule has 17 heavy (non-hydrogen) atoms. The molecule has 0 unspecified atom stereocenters. The Labute approximate surface area is 101 Å². The van der Waals surface area contributed by atoms with Gasteiger partial charge in [0.05, 0.1) is 13.2 Å². The monoisotopic (exact) mass is 235 g/mol. The summed E-state index contributed by atoms with van der Waals surface area (Å²) in [6.07, 6.45) is 4.07. The van der Waals surface area contributed by atoms with Gasteiger partial charge in [0.1, 0.15) is 5.56 Å². The van der Waals surface area contributed by atoms with E-state index in [1.165, 1.54) is 12.8 Å². The van der Waals surface area contributed by atoms with Gasteiger partial charge in [-0.2, -0.15) is 0 Å². The fourth-order valence-electron chi connectivity index (χ4n) is 1.58. The van der Waals surface area contributed by atoms with Gasteiger partial charge in [-0.15, -0.1) is 0 Å². The van der Waals surface area contributed by atoms with Gasteiger partial charge >= 0.3 is 5.97 Å². The highest BCUT2D eigenvalue weighted by molar-refractivity contribution is 5.93. The highest BCUT2D eigenvalue weighted by Crippen LogP contribution is 2.30. The first-order valence-electron chi connectivity index (χ1n) is 5.98. The average Bonchev–Trinajstić information content (AvgIpc) is 3.10. The molecule has 2 rings (SSSR count). The van der Waals surface area contributed by atoms with Gasteiger partial charge in [-0.25, -0.2) is 9.78 Å². The van der Waals surface area contributed by atoms with Crippen LogP contribution in [-0.4, -0.2) is 24.2 Å². The molecule has 1 fully saturated rings. The molecule has 0 aromatic carbocycles. The first-order chi connectivity index (χ1) is 8.22. The maximum atomic E-state index is 11.8. The van der Waals surface area contributed by atoms with Crippen LogP contribution in [0.2, 0.25) is 0 Å². The van der Waals surface area contributed by atoms with Crippen LogP contribution in [-0.2, 0) is 4.74 Å². The fourth-order valence-corrected chi connectivity index (χ4v) is 1.58. The van der Waals surface area contributed by atoms with Crippen LogP contribution in [0.4, 0.5) is 0 Å². The lowest BCUT2D eigenvalue weighted by atomic mass is 10.1. The minimum atomic E-state index is -0.358. The first-order valence-corrected chi connectivity index (χ1v) is 5.98. The number of rotatable bonds is 5. The summed E-state index contributed by atoms with van der Waals surface area (Å²) in [5, 5.41) is 0. The predicted molar refractivity (Wildman–Crippen MR) is 63.1 cm³/mol. The van der Waals surface area contributed by atoms with Crippen molar-refractivity contribution in [1.29, 1.82) is 0 Å². The molecule has 1 aliphatic carbocycles. The molecule has 0 spiro atoms. The van der Waals surface area contributed by atoms with Crippen LogP contribution < -0.4 is 4.74 Å². The summed E-state index contributed by atoms with van der Waals surface area (Å²) in [7, 11) is 0. The predicted octanol–water partition coefficient (Wildman–Crippen LogP) is 2.36. The van der Waals surface area contributed by atoms with Gasteiger partial charge < -0.3 is 9.47 Å². The Kier molecular flexibility index (Phi) is 3.61. The maximum Gasteiger partial charge on any atom is 0.343 e. The third-order valence-corrected chi connectivity index (χ3v) is 2.76. The van der Waals surface area contributed by atoms with Crippen LogP contribution in [0.3, 0.4) is 0 Å². The number of hydrogen-bond acceptors (Lipinski definition) is 4. The van der Waals surface area contributed by atoms with Gasteiger partial charge in [0, 0.05) is 6.20 Å². The quantitative estimate of drug-likeness (QED) is 0.735. The van der Waals surface area contributed by atoms with Gasteiger partial charge in [0.15, 0.2) is 0 Å². The Bertz CT molecular complexity index is 413. The zero-order valence-electron chi connectivity index (χ0n) is 10.2. The molecule has 0 atom stereocenters. The molecule has 1 heterocycles. The number of esters is 1. The van der Waals surface area contributed by atoms with E-state index in [1.807, 2.05) is 6.92 Å². The Morgan fingerprint density at radius 2 is 2.29 bits per heavy atom. The minimum absolute atomic E-state index is 0.356. The van der Waals surface area contributed by atoms with E-state index in [1.54, 1.807) is 19.2 Å². The SMILES string of the molecule is CCOC(=O)c1c(C)ccnc1OCC1CC1. The van der Waals surface area contributed by atoms with Crippen LogP contribution in [0.25, 0.3) is 0 Å². The molecule has 0 N–H and O–H groups in total. The van der Waals surface area contributed by atoms with Crippen molar-refractivity contribution in [3.63, 3.8) is 0 Å². The van der Waals surface area contributed by atoms with Crippen molar-refractivity contribution in [2.75, 3.05) is 13.2 Å². The Hall–Kier alpha value is -1.58. The van der Waals surface area contributed by atoms with E-state index in [4.69, 9.17) is 9.47 Å². The molecule has 1 aromatic heterocycles. The third kappa shape index (κ3) is 2.96. The summed E-state index contributed by atoms with van der Waals surface area (Å²) >= 11 is 0. The summed E-state index contributed by atoms with van der Waals surface area (Å²) in [4.78, 5) is 15.9. The van der Waals surface area contributed by atoms with E-state index in [2.05, 4.69) is 4.98 Å². The highest BCUT2D eigenvalue weighted by atomic mass is 16.5. The molecular weight excluding hydrogens is 218 g/mol. The van der Waals surface area contributed by atoms with E-state index in [0.29, 0.717) is 30.6 Å². The summed E-state index contributed by atoms with van der Waals surface area (Å²) in [5.74, 6) is 0.673. The standard InChI is InChI=1S/C13H17NO3/c1-3-16-13(15)11-9(2)6-7-14-12(11)17-8-10-4-5-10/h6-7,10H,3-5,8H2,1-2H3. The lowest BCUT2D eigenvalue weighted by molar-refractivity contribution is 0.0519. The van der Waals surface area contributed by atoms with Gasteiger partial charge in [0.25, 0.3) is 0 Å². The molecule has 0 amide bonds. The zero-order chi connectivity index (χ0) is 12.3. The van der Waals surface area contributed by atoms with Crippen molar-refractivity contribution in [3.05, 3.63) is 23.4 Å². The molecule has 1 saturated carbocycles. The number of ether oxygens (including phenoxy) is 2.